The van der Waals surface area contributed by atoms with Crippen LogP contribution in [0, 0.1) is 6.92 Å². The Morgan fingerprint density at radius 2 is 1.77 bits per heavy atom. The number of imidazole rings is 1. The number of aromatic nitrogens is 2. The highest BCUT2D eigenvalue weighted by molar-refractivity contribution is 6.37. The third kappa shape index (κ3) is 4.31. The molecule has 3 aromatic carbocycles. The number of amides is 1. The molecule has 0 atom stereocenters. The van der Waals surface area contributed by atoms with Crippen LogP contribution in [0.2, 0.25) is 0 Å². The summed E-state index contributed by atoms with van der Waals surface area (Å²) in [5, 5.41) is 6.35. The van der Waals surface area contributed by atoms with E-state index in [2.05, 4.69) is 20.6 Å². The standard InChI is InChI=1S/C28H24N4O3/c1-3-35-28(34)20-11-14-22-23(15-20)32-27(33)24(22)26(18-7-5-4-6-8-18)31-21-12-9-19(10-13-21)25-17(2)29-16-30-25/h4-16,31H,3H2,1-2H3,(H,29,30)(H,32,33)/b26-24+. The topological polar surface area (TPSA) is 96.1 Å². The number of anilines is 2. The Bertz CT molecular complexity index is 1440. The molecular weight excluding hydrogens is 440 g/mol. The van der Waals surface area contributed by atoms with E-state index in [1.807, 2.05) is 61.5 Å². The fourth-order valence-corrected chi connectivity index (χ4v) is 4.15. The van der Waals surface area contributed by atoms with Gasteiger partial charge >= 0.3 is 5.97 Å². The van der Waals surface area contributed by atoms with Crippen LogP contribution in [-0.2, 0) is 9.53 Å². The lowest BCUT2D eigenvalue weighted by Gasteiger charge is -2.15. The molecule has 1 aliphatic rings. The molecule has 4 aromatic rings. The molecule has 0 spiro atoms. The molecule has 0 fully saturated rings. The summed E-state index contributed by atoms with van der Waals surface area (Å²) in [5.41, 5.74) is 7.48. The highest BCUT2D eigenvalue weighted by Crippen LogP contribution is 2.38. The van der Waals surface area contributed by atoms with Crippen LogP contribution in [0.15, 0.2) is 79.1 Å². The Hall–Kier alpha value is -4.65. The van der Waals surface area contributed by atoms with Crippen molar-refractivity contribution in [3.8, 4) is 11.3 Å². The molecule has 0 saturated carbocycles. The average Bonchev–Trinajstić information content (AvgIpc) is 3.45. The molecule has 174 valence electrons. The van der Waals surface area contributed by atoms with E-state index < -0.39 is 5.97 Å². The van der Waals surface area contributed by atoms with Crippen LogP contribution in [0.5, 0.6) is 0 Å². The number of H-pyrrole nitrogens is 1. The summed E-state index contributed by atoms with van der Waals surface area (Å²) >= 11 is 0. The van der Waals surface area contributed by atoms with Crippen molar-refractivity contribution in [3.05, 3.63) is 102 Å². The summed E-state index contributed by atoms with van der Waals surface area (Å²) in [5.74, 6) is -0.660. The number of nitrogens with one attached hydrogen (secondary N) is 3. The summed E-state index contributed by atoms with van der Waals surface area (Å²) in [6.07, 6.45) is 1.68. The van der Waals surface area contributed by atoms with Crippen LogP contribution in [0.4, 0.5) is 11.4 Å². The second-order valence-corrected chi connectivity index (χ2v) is 8.13. The van der Waals surface area contributed by atoms with E-state index in [4.69, 9.17) is 4.74 Å². The van der Waals surface area contributed by atoms with Gasteiger partial charge in [0.2, 0.25) is 0 Å². The van der Waals surface area contributed by atoms with E-state index in [0.717, 1.165) is 33.8 Å². The number of rotatable bonds is 6. The lowest BCUT2D eigenvalue weighted by atomic mass is 9.99. The molecule has 0 aliphatic carbocycles. The summed E-state index contributed by atoms with van der Waals surface area (Å²) in [6, 6.07) is 22.7. The zero-order chi connectivity index (χ0) is 24.4. The largest absolute Gasteiger partial charge is 0.462 e. The highest BCUT2D eigenvalue weighted by Gasteiger charge is 2.29. The predicted octanol–water partition coefficient (Wildman–Crippen LogP) is 5.49. The molecule has 0 saturated heterocycles. The van der Waals surface area contributed by atoms with Crippen LogP contribution < -0.4 is 10.6 Å². The summed E-state index contributed by atoms with van der Waals surface area (Å²) in [7, 11) is 0. The molecule has 1 amide bonds. The Labute approximate surface area is 202 Å². The van der Waals surface area contributed by atoms with Crippen LogP contribution in [0.3, 0.4) is 0 Å². The third-order valence-electron chi connectivity index (χ3n) is 5.85. The minimum atomic E-state index is -0.421. The third-order valence-corrected chi connectivity index (χ3v) is 5.85. The maximum atomic E-state index is 13.2. The van der Waals surface area contributed by atoms with E-state index >= 15 is 0 Å². The number of hydrogen-bond donors (Lipinski definition) is 3. The van der Waals surface area contributed by atoms with E-state index in [0.29, 0.717) is 22.5 Å². The Morgan fingerprint density at radius 3 is 2.46 bits per heavy atom. The van der Waals surface area contributed by atoms with Gasteiger partial charge in [-0.1, -0.05) is 48.5 Å². The molecular formula is C28H24N4O3. The molecule has 0 bridgehead atoms. The molecule has 35 heavy (non-hydrogen) atoms. The number of carbonyl (C=O) groups excluding carboxylic acids is 2. The number of aryl methyl sites for hydroxylation is 1. The smallest absolute Gasteiger partial charge is 0.338 e. The monoisotopic (exact) mass is 464 g/mol. The minimum absolute atomic E-state index is 0.240. The molecule has 7 heteroatoms. The van der Waals surface area contributed by atoms with Crippen LogP contribution >= 0.6 is 0 Å². The molecule has 5 rings (SSSR count). The number of carbonyl (C=O) groups is 2. The van der Waals surface area contributed by atoms with Crippen molar-refractivity contribution in [1.82, 2.24) is 9.97 Å². The Balaban J connectivity index is 1.56. The first-order valence-corrected chi connectivity index (χ1v) is 11.3. The molecule has 7 nitrogen and oxygen atoms in total. The molecule has 1 aliphatic heterocycles. The maximum Gasteiger partial charge on any atom is 0.338 e. The number of fused-ring (bicyclic) bond motifs is 1. The van der Waals surface area contributed by atoms with Gasteiger partial charge in [-0.3, -0.25) is 4.79 Å². The molecule has 3 N–H and O–H groups in total. The number of benzene rings is 3. The minimum Gasteiger partial charge on any atom is -0.462 e. The van der Waals surface area contributed by atoms with Gasteiger partial charge in [-0.05, 0) is 43.7 Å². The van der Waals surface area contributed by atoms with Gasteiger partial charge < -0.3 is 20.4 Å². The number of esters is 1. The van der Waals surface area contributed by atoms with E-state index in [-0.39, 0.29) is 12.5 Å². The lowest BCUT2D eigenvalue weighted by Crippen LogP contribution is -2.10. The van der Waals surface area contributed by atoms with Gasteiger partial charge in [0.15, 0.2) is 0 Å². The maximum absolute atomic E-state index is 13.2. The van der Waals surface area contributed by atoms with Crippen LogP contribution in [0.25, 0.3) is 22.5 Å². The van der Waals surface area contributed by atoms with Gasteiger partial charge in [-0.15, -0.1) is 0 Å². The van der Waals surface area contributed by atoms with Gasteiger partial charge in [-0.25, -0.2) is 9.78 Å². The molecule has 0 radical (unpaired) electrons. The first-order valence-electron chi connectivity index (χ1n) is 11.3. The predicted molar refractivity (Wildman–Crippen MR) is 137 cm³/mol. The first-order chi connectivity index (χ1) is 17.0. The van der Waals surface area contributed by atoms with Gasteiger partial charge in [0.05, 0.1) is 41.1 Å². The molecule has 1 aromatic heterocycles. The van der Waals surface area contributed by atoms with Crippen molar-refractivity contribution in [3.63, 3.8) is 0 Å². The van der Waals surface area contributed by atoms with E-state index in [1.165, 1.54) is 0 Å². The fraction of sp³-hybridized carbons (Fsp3) is 0.107. The van der Waals surface area contributed by atoms with Crippen molar-refractivity contribution in [2.24, 2.45) is 0 Å². The van der Waals surface area contributed by atoms with Gasteiger partial charge in [0, 0.05) is 22.5 Å². The molecule has 0 unspecified atom stereocenters. The van der Waals surface area contributed by atoms with Gasteiger partial charge in [0.25, 0.3) is 5.91 Å². The van der Waals surface area contributed by atoms with Gasteiger partial charge in [-0.2, -0.15) is 0 Å². The van der Waals surface area contributed by atoms with Gasteiger partial charge in [0.1, 0.15) is 0 Å². The Kier molecular flexibility index (Phi) is 5.89. The zero-order valence-electron chi connectivity index (χ0n) is 19.4. The number of hydrogen-bond acceptors (Lipinski definition) is 5. The fourth-order valence-electron chi connectivity index (χ4n) is 4.15. The average molecular weight is 465 g/mol. The van der Waals surface area contributed by atoms with E-state index in [1.54, 1.807) is 31.5 Å². The molecule has 2 heterocycles. The van der Waals surface area contributed by atoms with Crippen molar-refractivity contribution >= 4 is 34.5 Å². The number of aromatic amines is 1. The summed E-state index contributed by atoms with van der Waals surface area (Å²) in [6.45, 7) is 4.03. The normalized spacial score (nSPS) is 13.7. The van der Waals surface area contributed by atoms with E-state index in [9.17, 15) is 9.59 Å². The SMILES string of the molecule is CCOC(=O)c1ccc2c(c1)NC(=O)/C2=C(/Nc1ccc(-c2nc[nH]c2C)cc1)c1ccccc1. The van der Waals surface area contributed by atoms with Crippen molar-refractivity contribution in [1.29, 1.82) is 0 Å². The number of nitrogens with zero attached hydrogens (tertiary/aromatic N) is 1. The Morgan fingerprint density at radius 1 is 1.00 bits per heavy atom. The van der Waals surface area contributed by atoms with Crippen molar-refractivity contribution in [2.45, 2.75) is 13.8 Å². The first kappa shape index (κ1) is 22.2. The second-order valence-electron chi connectivity index (χ2n) is 8.13. The van der Waals surface area contributed by atoms with Crippen LogP contribution in [0.1, 0.15) is 34.1 Å². The quantitative estimate of drug-likeness (QED) is 0.259. The van der Waals surface area contributed by atoms with Crippen LogP contribution in [-0.4, -0.2) is 28.5 Å². The van der Waals surface area contributed by atoms with Crippen molar-refractivity contribution in [2.75, 3.05) is 17.2 Å². The lowest BCUT2D eigenvalue weighted by molar-refractivity contribution is -0.110. The second kappa shape index (κ2) is 9.30. The number of ether oxygens (including phenoxy) is 1. The zero-order valence-corrected chi connectivity index (χ0v) is 19.4. The summed E-state index contributed by atoms with van der Waals surface area (Å²) < 4.78 is 5.10. The summed E-state index contributed by atoms with van der Waals surface area (Å²) in [4.78, 5) is 32.8. The van der Waals surface area contributed by atoms with Crippen molar-refractivity contribution < 1.29 is 14.3 Å². The highest BCUT2D eigenvalue weighted by atomic mass is 16.5.